The van der Waals surface area contributed by atoms with Crippen LogP contribution in [0, 0.1) is 0 Å². The second-order valence-corrected chi connectivity index (χ2v) is 6.39. The molecule has 1 atom stereocenters. The molecule has 0 bridgehead atoms. The number of para-hydroxylation sites is 1. The molecule has 1 aliphatic heterocycles. The Morgan fingerprint density at radius 3 is 2.50 bits per heavy atom. The second-order valence-electron chi connectivity index (χ2n) is 6.39. The minimum Gasteiger partial charge on any atom is -0.483 e. The molecule has 0 radical (unpaired) electrons. The molecule has 26 heavy (non-hydrogen) atoms. The van der Waals surface area contributed by atoms with Crippen LogP contribution in [0.15, 0.2) is 54.6 Å². The van der Waals surface area contributed by atoms with E-state index in [1.165, 1.54) is 4.90 Å². The Bertz CT molecular complexity index is 795. The topological polar surface area (TPSA) is 66.8 Å². The van der Waals surface area contributed by atoms with E-state index < -0.39 is 24.1 Å². The maximum atomic E-state index is 14.1. The zero-order valence-corrected chi connectivity index (χ0v) is 14.2. The SMILES string of the molecule is O=C(COc1ccccc1Cc1ccccc1)N1CCC(F)(C(=O)O)C1. The molecule has 2 aromatic rings. The molecule has 1 amide bonds. The first-order valence-corrected chi connectivity index (χ1v) is 8.43. The van der Waals surface area contributed by atoms with Crippen molar-refractivity contribution in [3.8, 4) is 5.75 Å². The predicted octanol–water partition coefficient (Wildman–Crippen LogP) is 2.68. The highest BCUT2D eigenvalue weighted by Gasteiger charge is 2.46. The molecule has 1 fully saturated rings. The third-order valence-corrected chi connectivity index (χ3v) is 4.52. The number of hydrogen-bond donors (Lipinski definition) is 1. The zero-order valence-electron chi connectivity index (χ0n) is 14.2. The normalized spacial score (nSPS) is 19.3. The molecule has 0 spiro atoms. The Hall–Kier alpha value is -2.89. The number of alkyl halides is 1. The van der Waals surface area contributed by atoms with E-state index in [0.717, 1.165) is 11.1 Å². The van der Waals surface area contributed by atoms with Crippen LogP contribution >= 0.6 is 0 Å². The summed E-state index contributed by atoms with van der Waals surface area (Å²) in [6, 6.07) is 17.3. The summed E-state index contributed by atoms with van der Waals surface area (Å²) in [7, 11) is 0. The van der Waals surface area contributed by atoms with Gasteiger partial charge in [-0.05, 0) is 17.2 Å². The van der Waals surface area contributed by atoms with Gasteiger partial charge in [0, 0.05) is 19.4 Å². The van der Waals surface area contributed by atoms with Crippen LogP contribution in [0.3, 0.4) is 0 Å². The van der Waals surface area contributed by atoms with Crippen LogP contribution < -0.4 is 4.74 Å². The number of hydrogen-bond acceptors (Lipinski definition) is 3. The first kappa shape index (κ1) is 17.9. The van der Waals surface area contributed by atoms with Crippen molar-refractivity contribution in [3.05, 3.63) is 65.7 Å². The molecule has 1 N–H and O–H groups in total. The van der Waals surface area contributed by atoms with Gasteiger partial charge in [0.2, 0.25) is 5.67 Å². The standard InChI is InChI=1S/C20H20FNO4/c21-20(19(24)25)10-11-22(14-20)18(23)13-26-17-9-5-4-8-16(17)12-15-6-2-1-3-7-15/h1-9H,10-14H2,(H,24,25). The van der Waals surface area contributed by atoms with Gasteiger partial charge in [0.15, 0.2) is 6.61 Å². The van der Waals surface area contributed by atoms with Crippen molar-refractivity contribution < 1.29 is 23.8 Å². The van der Waals surface area contributed by atoms with Gasteiger partial charge in [-0.1, -0.05) is 48.5 Å². The zero-order chi connectivity index (χ0) is 18.6. The number of benzene rings is 2. The molecule has 5 nitrogen and oxygen atoms in total. The highest BCUT2D eigenvalue weighted by molar-refractivity contribution is 5.83. The lowest BCUT2D eigenvalue weighted by atomic mass is 10.0. The second kappa shape index (κ2) is 7.56. The first-order chi connectivity index (χ1) is 12.5. The molecule has 1 saturated heterocycles. The van der Waals surface area contributed by atoms with Crippen LogP contribution in [-0.4, -0.2) is 47.2 Å². The Balaban J connectivity index is 1.62. The van der Waals surface area contributed by atoms with E-state index in [4.69, 9.17) is 9.84 Å². The predicted molar refractivity (Wildman–Crippen MR) is 93.9 cm³/mol. The number of rotatable bonds is 6. The fraction of sp³-hybridized carbons (Fsp3) is 0.300. The van der Waals surface area contributed by atoms with Crippen molar-refractivity contribution >= 4 is 11.9 Å². The highest BCUT2D eigenvalue weighted by Crippen LogP contribution is 2.26. The maximum Gasteiger partial charge on any atom is 0.343 e. The average Bonchev–Trinajstić information content (AvgIpc) is 3.05. The summed E-state index contributed by atoms with van der Waals surface area (Å²) < 4.78 is 19.7. The highest BCUT2D eigenvalue weighted by atomic mass is 19.1. The summed E-state index contributed by atoms with van der Waals surface area (Å²) in [4.78, 5) is 24.4. The lowest BCUT2D eigenvalue weighted by Gasteiger charge is -2.18. The molecule has 0 aliphatic carbocycles. The molecule has 136 valence electrons. The van der Waals surface area contributed by atoms with E-state index >= 15 is 0 Å². The number of amides is 1. The number of aliphatic carboxylic acids is 1. The molecule has 1 unspecified atom stereocenters. The van der Waals surface area contributed by atoms with E-state index in [0.29, 0.717) is 12.2 Å². The number of carbonyl (C=O) groups excluding carboxylic acids is 1. The number of ether oxygens (including phenoxy) is 1. The first-order valence-electron chi connectivity index (χ1n) is 8.43. The number of carboxylic acid groups (broad SMARTS) is 1. The van der Waals surface area contributed by atoms with Gasteiger partial charge in [0.05, 0.1) is 6.54 Å². The third-order valence-electron chi connectivity index (χ3n) is 4.52. The summed E-state index contributed by atoms with van der Waals surface area (Å²) in [5.74, 6) is -1.35. The van der Waals surface area contributed by atoms with Crippen LogP contribution in [-0.2, 0) is 16.0 Å². The van der Waals surface area contributed by atoms with Crippen LogP contribution in [0.4, 0.5) is 4.39 Å². The summed E-state index contributed by atoms with van der Waals surface area (Å²) in [5.41, 5.74) is -0.294. The van der Waals surface area contributed by atoms with E-state index in [9.17, 15) is 14.0 Å². The number of likely N-dealkylation sites (tertiary alicyclic amines) is 1. The van der Waals surface area contributed by atoms with Crippen molar-refractivity contribution in [1.82, 2.24) is 4.90 Å². The van der Waals surface area contributed by atoms with Crippen molar-refractivity contribution in [2.75, 3.05) is 19.7 Å². The quantitative estimate of drug-likeness (QED) is 0.863. The summed E-state index contributed by atoms with van der Waals surface area (Å²) >= 11 is 0. The van der Waals surface area contributed by atoms with Gasteiger partial charge in [-0.25, -0.2) is 9.18 Å². The molecule has 6 heteroatoms. The lowest BCUT2D eigenvalue weighted by Crippen LogP contribution is -2.40. The van der Waals surface area contributed by atoms with Crippen LogP contribution in [0.1, 0.15) is 17.5 Å². The number of carboxylic acids is 1. The largest absolute Gasteiger partial charge is 0.483 e. The molecule has 1 aliphatic rings. The van der Waals surface area contributed by atoms with Gasteiger partial charge in [-0.3, -0.25) is 4.79 Å². The van der Waals surface area contributed by atoms with Gasteiger partial charge in [0.1, 0.15) is 5.75 Å². The molecule has 2 aromatic carbocycles. The van der Waals surface area contributed by atoms with Gasteiger partial charge in [-0.2, -0.15) is 0 Å². The van der Waals surface area contributed by atoms with Crippen LogP contribution in [0.2, 0.25) is 0 Å². The summed E-state index contributed by atoms with van der Waals surface area (Å²) in [5, 5.41) is 8.91. The Morgan fingerprint density at radius 1 is 1.12 bits per heavy atom. The molecule has 0 aromatic heterocycles. The van der Waals surface area contributed by atoms with E-state index in [1.54, 1.807) is 6.07 Å². The average molecular weight is 357 g/mol. The molecule has 0 saturated carbocycles. The monoisotopic (exact) mass is 357 g/mol. The van der Waals surface area contributed by atoms with Crippen molar-refractivity contribution in [2.45, 2.75) is 18.5 Å². The minimum atomic E-state index is -2.36. The molecule has 1 heterocycles. The number of carbonyl (C=O) groups is 2. The number of nitrogens with zero attached hydrogens (tertiary/aromatic N) is 1. The molecule has 3 rings (SSSR count). The Labute approximate surface area is 151 Å². The van der Waals surface area contributed by atoms with Gasteiger partial charge < -0.3 is 14.7 Å². The minimum absolute atomic E-state index is 0.0800. The Morgan fingerprint density at radius 2 is 1.81 bits per heavy atom. The summed E-state index contributed by atoms with van der Waals surface area (Å²) in [6.45, 7) is -0.603. The van der Waals surface area contributed by atoms with Gasteiger partial charge >= 0.3 is 5.97 Å². The van der Waals surface area contributed by atoms with Crippen molar-refractivity contribution in [2.24, 2.45) is 0 Å². The van der Waals surface area contributed by atoms with Crippen LogP contribution in [0.5, 0.6) is 5.75 Å². The lowest BCUT2D eigenvalue weighted by molar-refractivity contribution is -0.150. The fourth-order valence-electron chi connectivity index (χ4n) is 3.00. The van der Waals surface area contributed by atoms with E-state index in [-0.39, 0.29) is 19.6 Å². The Kier molecular flexibility index (Phi) is 5.21. The van der Waals surface area contributed by atoms with Gasteiger partial charge in [-0.15, -0.1) is 0 Å². The fourth-order valence-corrected chi connectivity index (χ4v) is 3.00. The van der Waals surface area contributed by atoms with Crippen molar-refractivity contribution in [3.63, 3.8) is 0 Å². The third kappa shape index (κ3) is 4.02. The molecular formula is C20H20FNO4. The van der Waals surface area contributed by atoms with E-state index in [2.05, 4.69) is 0 Å². The number of halogens is 1. The van der Waals surface area contributed by atoms with Crippen molar-refractivity contribution in [1.29, 1.82) is 0 Å². The smallest absolute Gasteiger partial charge is 0.343 e. The van der Waals surface area contributed by atoms with Crippen LogP contribution in [0.25, 0.3) is 0 Å². The summed E-state index contributed by atoms with van der Waals surface area (Å²) in [6.07, 6.45) is 0.472. The van der Waals surface area contributed by atoms with E-state index in [1.807, 2.05) is 48.5 Å². The maximum absolute atomic E-state index is 14.1. The molecular weight excluding hydrogens is 337 g/mol. The van der Waals surface area contributed by atoms with Gasteiger partial charge in [0.25, 0.3) is 5.91 Å².